The summed E-state index contributed by atoms with van der Waals surface area (Å²) in [6.45, 7) is 3.27. The number of nitrogens with two attached hydrogens (primary N) is 2. The summed E-state index contributed by atoms with van der Waals surface area (Å²) in [4.78, 5) is 23.8. The average Bonchev–Trinajstić information content (AvgIpc) is 2.83. The summed E-state index contributed by atoms with van der Waals surface area (Å²) in [5.74, 6) is -0.973. The summed E-state index contributed by atoms with van der Waals surface area (Å²) in [6.07, 6.45) is -2.38. The van der Waals surface area contributed by atoms with Crippen molar-refractivity contribution in [3.8, 4) is 6.07 Å². The fraction of sp³-hybridized carbons (Fsp3) is 0.455. The number of nitrogens with one attached hydrogen (secondary N) is 1. The van der Waals surface area contributed by atoms with E-state index in [1.165, 1.54) is 12.1 Å². The van der Waals surface area contributed by atoms with Crippen molar-refractivity contribution in [3.05, 3.63) is 41.1 Å². The SMILES string of the molecule is CSc1nc(N)nc([C@](N)(CCCN2CCOCC2)C(=O)Nc2cccc(C(F)(F)F)c2)c1C#N. The van der Waals surface area contributed by atoms with Crippen LogP contribution < -0.4 is 16.8 Å². The third-order valence-corrected chi connectivity index (χ3v) is 6.31. The van der Waals surface area contributed by atoms with Gasteiger partial charge in [0.15, 0.2) is 0 Å². The lowest BCUT2D eigenvalue weighted by Crippen LogP contribution is -2.50. The largest absolute Gasteiger partial charge is 0.416 e. The number of nitriles is 1. The minimum Gasteiger partial charge on any atom is -0.379 e. The van der Waals surface area contributed by atoms with Gasteiger partial charge in [-0.15, -0.1) is 11.8 Å². The molecule has 9 nitrogen and oxygen atoms in total. The predicted octanol–water partition coefficient (Wildman–Crippen LogP) is 2.58. The van der Waals surface area contributed by atoms with Crippen LogP contribution in [0.3, 0.4) is 0 Å². The number of amides is 1. The minimum atomic E-state index is -4.58. The van der Waals surface area contributed by atoms with E-state index in [0.717, 1.165) is 37.0 Å². The van der Waals surface area contributed by atoms with Gasteiger partial charge in [-0.2, -0.15) is 18.4 Å². The number of hydrogen-bond donors (Lipinski definition) is 3. The summed E-state index contributed by atoms with van der Waals surface area (Å²) in [5.41, 5.74) is 9.55. The van der Waals surface area contributed by atoms with Crippen LogP contribution in [0.2, 0.25) is 0 Å². The number of rotatable bonds is 8. The van der Waals surface area contributed by atoms with Crippen molar-refractivity contribution in [3.63, 3.8) is 0 Å². The molecule has 1 saturated heterocycles. The van der Waals surface area contributed by atoms with Crippen LogP contribution in [0.5, 0.6) is 0 Å². The number of nitrogens with zero attached hydrogens (tertiary/aromatic N) is 4. The molecule has 1 aromatic heterocycles. The van der Waals surface area contributed by atoms with E-state index >= 15 is 0 Å². The maximum Gasteiger partial charge on any atom is 0.416 e. The topological polar surface area (TPSA) is 143 Å². The molecule has 0 saturated carbocycles. The second-order valence-corrected chi connectivity index (χ2v) is 8.78. The third kappa shape index (κ3) is 6.40. The molecule has 188 valence electrons. The monoisotopic (exact) mass is 509 g/mol. The number of halogens is 3. The van der Waals surface area contributed by atoms with E-state index in [-0.39, 0.29) is 34.3 Å². The van der Waals surface area contributed by atoms with Gasteiger partial charge in [0.05, 0.1) is 24.5 Å². The quantitative estimate of drug-likeness (QED) is 0.361. The molecule has 35 heavy (non-hydrogen) atoms. The maximum atomic E-state index is 13.5. The lowest BCUT2D eigenvalue weighted by atomic mass is 9.86. The first-order valence-corrected chi connectivity index (χ1v) is 12.0. The highest BCUT2D eigenvalue weighted by Crippen LogP contribution is 2.33. The molecular weight excluding hydrogens is 483 g/mol. The van der Waals surface area contributed by atoms with E-state index in [0.29, 0.717) is 26.2 Å². The van der Waals surface area contributed by atoms with Gasteiger partial charge >= 0.3 is 6.18 Å². The number of aromatic nitrogens is 2. The van der Waals surface area contributed by atoms with Crippen molar-refractivity contribution in [1.29, 1.82) is 5.26 Å². The van der Waals surface area contributed by atoms with E-state index in [2.05, 4.69) is 20.2 Å². The Balaban J connectivity index is 1.96. The number of thioether (sulfide) groups is 1. The van der Waals surface area contributed by atoms with Crippen molar-refractivity contribution in [2.24, 2.45) is 5.73 Å². The number of morpholine rings is 1. The molecule has 1 aliphatic rings. The standard InChI is InChI=1S/C22H26F3N7O2S/c1-35-18-16(13-26)17(30-20(27)31-18)21(28,6-3-7-32-8-10-34-11-9-32)19(33)29-15-5-2-4-14(12-15)22(23,24)25/h2,4-5,12H,3,6-11,28H2,1H3,(H,29,33)(H2,27,30,31)/t21-/m1/s1. The first-order chi connectivity index (χ1) is 16.6. The number of carbonyl (C=O) groups excluding carboxylic acids is 1. The molecule has 1 fully saturated rings. The number of alkyl halides is 3. The number of benzene rings is 1. The van der Waals surface area contributed by atoms with Crippen LogP contribution in [0.25, 0.3) is 0 Å². The Morgan fingerprint density at radius 3 is 2.66 bits per heavy atom. The van der Waals surface area contributed by atoms with Crippen molar-refractivity contribution >= 4 is 29.3 Å². The third-order valence-electron chi connectivity index (χ3n) is 5.62. The summed E-state index contributed by atoms with van der Waals surface area (Å²) >= 11 is 1.14. The molecule has 1 amide bonds. The van der Waals surface area contributed by atoms with Gasteiger partial charge in [0.25, 0.3) is 5.91 Å². The Morgan fingerprint density at radius 2 is 2.03 bits per heavy atom. The van der Waals surface area contributed by atoms with Gasteiger partial charge in [0, 0.05) is 18.8 Å². The molecular formula is C22H26F3N7O2S. The van der Waals surface area contributed by atoms with Crippen LogP contribution in [0.4, 0.5) is 24.8 Å². The first-order valence-electron chi connectivity index (χ1n) is 10.8. The van der Waals surface area contributed by atoms with Gasteiger partial charge in [-0.3, -0.25) is 9.69 Å². The molecule has 0 bridgehead atoms. The zero-order valence-electron chi connectivity index (χ0n) is 19.1. The molecule has 0 unspecified atom stereocenters. The fourth-order valence-electron chi connectivity index (χ4n) is 3.79. The second-order valence-electron chi connectivity index (χ2n) is 7.99. The summed E-state index contributed by atoms with van der Waals surface area (Å²) in [7, 11) is 0. The van der Waals surface area contributed by atoms with Crippen LogP contribution in [-0.2, 0) is 21.2 Å². The van der Waals surface area contributed by atoms with E-state index in [9.17, 15) is 23.2 Å². The van der Waals surface area contributed by atoms with Gasteiger partial charge in [-0.05, 0) is 43.8 Å². The van der Waals surface area contributed by atoms with Gasteiger partial charge in [-0.1, -0.05) is 6.07 Å². The molecule has 5 N–H and O–H groups in total. The van der Waals surface area contributed by atoms with Crippen LogP contribution in [-0.4, -0.2) is 59.9 Å². The van der Waals surface area contributed by atoms with Crippen LogP contribution in [0.1, 0.15) is 29.7 Å². The molecule has 2 aromatic rings. The number of carbonyl (C=O) groups is 1. The molecule has 0 spiro atoms. The van der Waals surface area contributed by atoms with Crippen LogP contribution in [0, 0.1) is 11.3 Å². The van der Waals surface area contributed by atoms with Gasteiger partial charge < -0.3 is 21.5 Å². The lowest BCUT2D eigenvalue weighted by Gasteiger charge is -2.31. The molecule has 1 aliphatic heterocycles. The smallest absolute Gasteiger partial charge is 0.379 e. The summed E-state index contributed by atoms with van der Waals surface area (Å²) in [5, 5.41) is 12.5. The van der Waals surface area contributed by atoms with Crippen molar-refractivity contribution in [2.75, 3.05) is 50.2 Å². The first kappa shape index (κ1) is 26.7. The molecule has 1 atom stereocenters. The highest BCUT2D eigenvalue weighted by atomic mass is 32.2. The zero-order chi connectivity index (χ0) is 25.6. The number of anilines is 2. The summed E-state index contributed by atoms with van der Waals surface area (Å²) in [6, 6.07) is 6.23. The second kappa shape index (κ2) is 11.2. The predicted molar refractivity (Wildman–Crippen MR) is 125 cm³/mol. The Morgan fingerprint density at radius 1 is 1.31 bits per heavy atom. The van der Waals surface area contributed by atoms with E-state index < -0.39 is 23.2 Å². The highest BCUT2D eigenvalue weighted by molar-refractivity contribution is 7.98. The van der Waals surface area contributed by atoms with Crippen molar-refractivity contribution < 1.29 is 22.7 Å². The molecule has 2 heterocycles. The fourth-order valence-corrected chi connectivity index (χ4v) is 4.32. The van der Waals surface area contributed by atoms with Gasteiger partial charge in [-0.25, -0.2) is 9.97 Å². The average molecular weight is 510 g/mol. The minimum absolute atomic E-state index is 0.000218. The molecule has 0 radical (unpaired) electrons. The van der Waals surface area contributed by atoms with E-state index in [4.69, 9.17) is 16.2 Å². The van der Waals surface area contributed by atoms with E-state index in [1.54, 1.807) is 6.26 Å². The molecule has 13 heteroatoms. The zero-order valence-corrected chi connectivity index (χ0v) is 19.9. The lowest BCUT2D eigenvalue weighted by molar-refractivity contribution is -0.137. The molecule has 3 rings (SSSR count). The van der Waals surface area contributed by atoms with Crippen molar-refractivity contribution in [1.82, 2.24) is 14.9 Å². The Kier molecular flexibility index (Phi) is 8.55. The highest BCUT2D eigenvalue weighted by Gasteiger charge is 2.41. The summed E-state index contributed by atoms with van der Waals surface area (Å²) < 4.78 is 44.8. The van der Waals surface area contributed by atoms with Crippen LogP contribution >= 0.6 is 11.8 Å². The molecule has 1 aromatic carbocycles. The van der Waals surface area contributed by atoms with Crippen LogP contribution in [0.15, 0.2) is 29.3 Å². The van der Waals surface area contributed by atoms with Gasteiger partial charge in [0.2, 0.25) is 5.95 Å². The van der Waals surface area contributed by atoms with E-state index in [1.807, 2.05) is 6.07 Å². The number of nitrogen functional groups attached to an aromatic ring is 1. The Labute approximate surface area is 205 Å². The number of ether oxygens (including phenoxy) is 1. The molecule has 0 aliphatic carbocycles. The van der Waals surface area contributed by atoms with Crippen molar-refractivity contribution in [2.45, 2.75) is 29.6 Å². The maximum absolute atomic E-state index is 13.5. The Hall–Kier alpha value is -2.92. The Bertz CT molecular complexity index is 1100. The number of hydrogen-bond acceptors (Lipinski definition) is 9. The normalized spacial score (nSPS) is 16.3. The van der Waals surface area contributed by atoms with Gasteiger partial charge in [0.1, 0.15) is 22.2 Å².